The lowest BCUT2D eigenvalue weighted by molar-refractivity contribution is 0.404. The molecule has 0 amide bonds. The molecule has 4 rings (SSSR count). The van der Waals surface area contributed by atoms with E-state index in [4.69, 9.17) is 21.7 Å². The molecule has 0 aliphatic heterocycles. The van der Waals surface area contributed by atoms with E-state index < -0.39 is 0 Å². The average Bonchev–Trinajstić information content (AvgIpc) is 2.85. The van der Waals surface area contributed by atoms with E-state index in [2.05, 4.69) is 23.3 Å². The number of methoxy groups -OCH3 is 2. The normalized spacial score (nSPS) is 10.7. The van der Waals surface area contributed by atoms with Gasteiger partial charge in [-0.1, -0.05) is 30.3 Å². The summed E-state index contributed by atoms with van der Waals surface area (Å²) in [7, 11) is 3.26. The Labute approximate surface area is 210 Å². The number of fused-ring (bicyclic) bond motifs is 1. The van der Waals surface area contributed by atoms with Gasteiger partial charge >= 0.3 is 0 Å². The van der Waals surface area contributed by atoms with Gasteiger partial charge < -0.3 is 24.7 Å². The first-order valence-electron chi connectivity index (χ1n) is 11.3. The minimum atomic E-state index is -0.123. The summed E-state index contributed by atoms with van der Waals surface area (Å²) < 4.78 is 10.8. The number of H-pyrrole nitrogens is 1. The molecule has 6 nitrogen and oxygen atoms in total. The maximum absolute atomic E-state index is 13.0. The molecule has 0 unspecified atom stereocenters. The number of nitrogens with zero attached hydrogens (tertiary/aromatic N) is 1. The molecule has 0 radical (unpaired) electrons. The zero-order valence-corrected chi connectivity index (χ0v) is 21.2. The van der Waals surface area contributed by atoms with Crippen LogP contribution in [0.4, 0.5) is 5.69 Å². The van der Waals surface area contributed by atoms with E-state index in [1.165, 1.54) is 0 Å². The molecule has 0 aliphatic carbocycles. The summed E-state index contributed by atoms with van der Waals surface area (Å²) in [5, 5.41) is 4.81. The summed E-state index contributed by atoms with van der Waals surface area (Å²) in [4.78, 5) is 18.1. The highest BCUT2D eigenvalue weighted by molar-refractivity contribution is 7.80. The molecule has 2 N–H and O–H groups in total. The van der Waals surface area contributed by atoms with Crippen molar-refractivity contribution in [1.29, 1.82) is 0 Å². The molecule has 0 spiro atoms. The van der Waals surface area contributed by atoms with Gasteiger partial charge in [-0.2, -0.15) is 0 Å². The van der Waals surface area contributed by atoms with Crippen LogP contribution in [-0.2, 0) is 13.1 Å². The summed E-state index contributed by atoms with van der Waals surface area (Å²) in [5.74, 6) is 1.47. The van der Waals surface area contributed by atoms with E-state index in [1.54, 1.807) is 14.2 Å². The van der Waals surface area contributed by atoms with Gasteiger partial charge in [-0.15, -0.1) is 0 Å². The smallest absolute Gasteiger partial charge is 0.253 e. The number of pyridine rings is 1. The average molecular weight is 488 g/mol. The molecular weight excluding hydrogens is 458 g/mol. The number of aromatic nitrogens is 1. The van der Waals surface area contributed by atoms with Gasteiger partial charge in [-0.25, -0.2) is 0 Å². The van der Waals surface area contributed by atoms with Crippen LogP contribution in [0.2, 0.25) is 0 Å². The number of nitrogens with one attached hydrogen (secondary N) is 2. The predicted octanol–water partition coefficient (Wildman–Crippen LogP) is 5.56. The summed E-state index contributed by atoms with van der Waals surface area (Å²) in [6.45, 7) is 4.93. The van der Waals surface area contributed by atoms with Gasteiger partial charge in [0, 0.05) is 23.0 Å². The number of rotatable bonds is 7. The Hall–Kier alpha value is -3.84. The fraction of sp³-hybridized carbons (Fsp3) is 0.214. The van der Waals surface area contributed by atoms with E-state index in [1.807, 2.05) is 72.5 Å². The topological polar surface area (TPSA) is 66.6 Å². The van der Waals surface area contributed by atoms with Crippen molar-refractivity contribution in [1.82, 2.24) is 9.88 Å². The quantitative estimate of drug-likeness (QED) is 0.333. The lowest BCUT2D eigenvalue weighted by Gasteiger charge is -2.26. The first kappa shape index (κ1) is 24.3. The minimum Gasteiger partial charge on any atom is -0.497 e. The van der Waals surface area contributed by atoms with Crippen molar-refractivity contribution in [2.75, 3.05) is 19.5 Å². The molecule has 0 saturated heterocycles. The molecule has 0 saturated carbocycles. The fourth-order valence-corrected chi connectivity index (χ4v) is 4.37. The molecule has 35 heavy (non-hydrogen) atoms. The Kier molecular flexibility index (Phi) is 7.36. The van der Waals surface area contributed by atoms with E-state index in [9.17, 15) is 4.79 Å². The maximum Gasteiger partial charge on any atom is 0.253 e. The van der Waals surface area contributed by atoms with Crippen LogP contribution in [0.3, 0.4) is 0 Å². The molecule has 3 aromatic carbocycles. The number of para-hydroxylation sites is 2. The second-order valence-corrected chi connectivity index (χ2v) is 8.89. The highest BCUT2D eigenvalue weighted by atomic mass is 32.1. The molecule has 1 heterocycles. The van der Waals surface area contributed by atoms with Crippen molar-refractivity contribution in [2.24, 2.45) is 0 Å². The van der Waals surface area contributed by atoms with Gasteiger partial charge in [0.2, 0.25) is 0 Å². The van der Waals surface area contributed by atoms with Crippen LogP contribution >= 0.6 is 12.2 Å². The number of aromatic amines is 1. The van der Waals surface area contributed by atoms with Gasteiger partial charge in [-0.3, -0.25) is 4.79 Å². The molecule has 0 atom stereocenters. The fourth-order valence-electron chi connectivity index (χ4n) is 4.13. The third-order valence-electron chi connectivity index (χ3n) is 5.92. The predicted molar refractivity (Wildman–Crippen MR) is 145 cm³/mol. The van der Waals surface area contributed by atoms with Crippen molar-refractivity contribution in [3.8, 4) is 11.5 Å². The van der Waals surface area contributed by atoms with Crippen LogP contribution in [0.15, 0.2) is 71.5 Å². The summed E-state index contributed by atoms with van der Waals surface area (Å²) in [6, 6.07) is 21.5. The molecule has 0 aliphatic rings. The Morgan fingerprint density at radius 2 is 1.71 bits per heavy atom. The van der Waals surface area contributed by atoms with Crippen LogP contribution < -0.4 is 20.3 Å². The lowest BCUT2D eigenvalue weighted by Crippen LogP contribution is -2.35. The van der Waals surface area contributed by atoms with Gasteiger partial charge in [0.15, 0.2) is 5.11 Å². The lowest BCUT2D eigenvalue weighted by atomic mass is 10.0. The zero-order valence-electron chi connectivity index (χ0n) is 20.3. The summed E-state index contributed by atoms with van der Waals surface area (Å²) in [5.41, 5.74) is 5.39. The second-order valence-electron chi connectivity index (χ2n) is 8.50. The monoisotopic (exact) mass is 487 g/mol. The number of ether oxygens (including phenoxy) is 2. The highest BCUT2D eigenvalue weighted by Gasteiger charge is 2.16. The second kappa shape index (κ2) is 10.6. The van der Waals surface area contributed by atoms with Gasteiger partial charge in [0.05, 0.1) is 26.5 Å². The van der Waals surface area contributed by atoms with Crippen LogP contribution in [0.5, 0.6) is 11.5 Å². The van der Waals surface area contributed by atoms with Crippen LogP contribution in [0, 0.1) is 13.8 Å². The number of hydrogen-bond acceptors (Lipinski definition) is 4. The SMILES string of the molecule is COc1ccc(CN(Cc2cc3c(C)cc(C)cc3[nH]c2=O)C(=S)Nc2ccccc2OC)cc1. The molecular formula is C28H29N3O3S. The van der Waals surface area contributed by atoms with Crippen molar-refractivity contribution in [3.05, 3.63) is 99.3 Å². The molecule has 0 fully saturated rings. The molecule has 1 aromatic heterocycles. The number of benzene rings is 3. The standard InChI is InChI=1S/C28H29N3O3S/c1-18-13-19(2)23-15-21(27(32)29-25(23)14-18)17-31(16-20-9-11-22(33-3)12-10-20)28(35)30-24-7-5-6-8-26(24)34-4/h5-15H,16-17H2,1-4H3,(H,29,32)(H,30,35). The summed E-state index contributed by atoms with van der Waals surface area (Å²) >= 11 is 5.82. The first-order valence-corrected chi connectivity index (χ1v) is 11.7. The molecule has 4 aromatic rings. The highest BCUT2D eigenvalue weighted by Crippen LogP contribution is 2.25. The van der Waals surface area contributed by atoms with Crippen molar-refractivity contribution >= 4 is 33.9 Å². The summed E-state index contributed by atoms with van der Waals surface area (Å²) in [6.07, 6.45) is 0. The van der Waals surface area contributed by atoms with Crippen molar-refractivity contribution < 1.29 is 9.47 Å². The zero-order chi connectivity index (χ0) is 24.9. The van der Waals surface area contributed by atoms with Crippen molar-refractivity contribution in [3.63, 3.8) is 0 Å². The Morgan fingerprint density at radius 1 is 0.971 bits per heavy atom. The van der Waals surface area contributed by atoms with Crippen LogP contribution in [-0.4, -0.2) is 29.2 Å². The third-order valence-corrected chi connectivity index (χ3v) is 6.28. The van der Waals surface area contributed by atoms with Gasteiger partial charge in [0.1, 0.15) is 11.5 Å². The van der Waals surface area contributed by atoms with E-state index in [-0.39, 0.29) is 5.56 Å². The Morgan fingerprint density at radius 3 is 2.43 bits per heavy atom. The molecule has 7 heteroatoms. The Balaban J connectivity index is 1.68. The van der Waals surface area contributed by atoms with E-state index in [0.29, 0.717) is 29.5 Å². The van der Waals surface area contributed by atoms with E-state index >= 15 is 0 Å². The van der Waals surface area contributed by atoms with Gasteiger partial charge in [-0.05, 0) is 79.2 Å². The largest absolute Gasteiger partial charge is 0.497 e. The maximum atomic E-state index is 13.0. The number of aryl methyl sites for hydroxylation is 2. The third kappa shape index (κ3) is 5.63. The van der Waals surface area contributed by atoms with Gasteiger partial charge in [0.25, 0.3) is 5.56 Å². The van der Waals surface area contributed by atoms with Crippen LogP contribution in [0.1, 0.15) is 22.3 Å². The number of thiocarbonyl (C=S) groups is 1. The van der Waals surface area contributed by atoms with Crippen molar-refractivity contribution in [2.45, 2.75) is 26.9 Å². The Bertz CT molecular complexity index is 1410. The van der Waals surface area contributed by atoms with E-state index in [0.717, 1.165) is 39.0 Å². The number of hydrogen-bond donors (Lipinski definition) is 2. The first-order chi connectivity index (χ1) is 16.9. The molecule has 0 bridgehead atoms. The minimum absolute atomic E-state index is 0.123. The van der Waals surface area contributed by atoms with Crippen LogP contribution in [0.25, 0.3) is 10.9 Å². The number of anilines is 1. The molecule has 180 valence electrons.